The van der Waals surface area contributed by atoms with Gasteiger partial charge >= 0.3 is 0 Å². The fourth-order valence-corrected chi connectivity index (χ4v) is 1.61. The van der Waals surface area contributed by atoms with Crippen LogP contribution in [0.2, 0.25) is 0 Å². The average molecular weight is 213 g/mol. The number of fused-ring (bicyclic) bond motifs is 1. The summed E-state index contributed by atoms with van der Waals surface area (Å²) >= 11 is 0. The second-order valence-electron chi connectivity index (χ2n) is 3.71. The molecule has 0 aliphatic carbocycles. The minimum absolute atomic E-state index is 0.0712. The highest BCUT2D eigenvalue weighted by molar-refractivity contribution is 5.88. The van der Waals surface area contributed by atoms with Gasteiger partial charge in [0.2, 0.25) is 0 Å². The summed E-state index contributed by atoms with van der Waals surface area (Å²) in [5.74, 6) is 0.162. The predicted octanol–water partition coefficient (Wildman–Crippen LogP) is 3.02. The van der Waals surface area contributed by atoms with Crippen molar-refractivity contribution in [2.75, 3.05) is 0 Å². The summed E-state index contributed by atoms with van der Waals surface area (Å²) in [6.07, 6.45) is -0.0712. The number of para-hydroxylation sites is 1. The van der Waals surface area contributed by atoms with Crippen LogP contribution in [0, 0.1) is 11.3 Å². The van der Waals surface area contributed by atoms with E-state index in [0.29, 0.717) is 5.76 Å². The Bertz CT molecular complexity index is 530. The number of carbonyl (C=O) groups excluding carboxylic acids is 1. The minimum atomic E-state index is -0.355. The van der Waals surface area contributed by atoms with E-state index in [2.05, 4.69) is 0 Å². The molecule has 2 rings (SSSR count). The van der Waals surface area contributed by atoms with E-state index in [4.69, 9.17) is 9.68 Å². The fraction of sp³-hybridized carbons (Fsp3) is 0.231. The van der Waals surface area contributed by atoms with E-state index >= 15 is 0 Å². The first-order valence-electron chi connectivity index (χ1n) is 5.10. The minimum Gasteiger partial charge on any atom is -0.460 e. The van der Waals surface area contributed by atoms with Crippen LogP contribution < -0.4 is 0 Å². The first kappa shape index (κ1) is 10.4. The highest BCUT2D eigenvalue weighted by atomic mass is 16.3. The molecule has 3 nitrogen and oxygen atoms in total. The predicted molar refractivity (Wildman–Crippen MR) is 59.9 cm³/mol. The monoisotopic (exact) mass is 213 g/mol. The third-order valence-corrected chi connectivity index (χ3v) is 2.61. The van der Waals surface area contributed by atoms with Crippen molar-refractivity contribution < 1.29 is 9.21 Å². The van der Waals surface area contributed by atoms with E-state index in [9.17, 15) is 4.79 Å². The van der Waals surface area contributed by atoms with Crippen LogP contribution in [0.5, 0.6) is 0 Å². The van der Waals surface area contributed by atoms with Gasteiger partial charge in [-0.15, -0.1) is 0 Å². The lowest BCUT2D eigenvalue weighted by atomic mass is 10.0. The zero-order valence-corrected chi connectivity index (χ0v) is 8.93. The molecule has 80 valence electrons. The Hall–Kier alpha value is -2.08. The van der Waals surface area contributed by atoms with Gasteiger partial charge in [-0.1, -0.05) is 18.2 Å². The molecule has 1 unspecified atom stereocenters. The SMILES string of the molecule is CC(C(=O)CC#N)c1cc2ccccc2o1. The number of nitrogens with zero attached hydrogens (tertiary/aromatic N) is 1. The Morgan fingerprint density at radius 1 is 1.50 bits per heavy atom. The molecule has 0 amide bonds. The van der Waals surface area contributed by atoms with Crippen molar-refractivity contribution in [2.24, 2.45) is 0 Å². The van der Waals surface area contributed by atoms with E-state index in [1.54, 1.807) is 6.92 Å². The Morgan fingerprint density at radius 3 is 2.94 bits per heavy atom. The molecule has 1 aromatic carbocycles. The Balaban J connectivity index is 2.34. The summed E-state index contributed by atoms with van der Waals surface area (Å²) < 4.78 is 5.57. The van der Waals surface area contributed by atoms with E-state index in [0.717, 1.165) is 11.0 Å². The topological polar surface area (TPSA) is 54.0 Å². The fourth-order valence-electron chi connectivity index (χ4n) is 1.61. The van der Waals surface area contributed by atoms with Crippen LogP contribution >= 0.6 is 0 Å². The lowest BCUT2D eigenvalue weighted by Gasteiger charge is -2.02. The van der Waals surface area contributed by atoms with Gasteiger partial charge in [-0.05, 0) is 19.1 Å². The van der Waals surface area contributed by atoms with Gasteiger partial charge in [-0.25, -0.2) is 0 Å². The van der Waals surface area contributed by atoms with E-state index < -0.39 is 0 Å². The van der Waals surface area contributed by atoms with Crippen LogP contribution in [0.25, 0.3) is 11.0 Å². The molecule has 16 heavy (non-hydrogen) atoms. The van der Waals surface area contributed by atoms with Crippen LogP contribution in [-0.2, 0) is 4.79 Å². The summed E-state index contributed by atoms with van der Waals surface area (Å²) in [5.41, 5.74) is 0.772. The normalized spacial score (nSPS) is 12.2. The molecule has 0 saturated heterocycles. The molecular weight excluding hydrogens is 202 g/mol. The summed E-state index contributed by atoms with van der Waals surface area (Å²) in [6, 6.07) is 11.3. The van der Waals surface area contributed by atoms with Crippen LogP contribution in [0.1, 0.15) is 25.0 Å². The number of hydrogen-bond donors (Lipinski definition) is 0. The molecule has 2 aromatic rings. The number of ketones is 1. The maximum Gasteiger partial charge on any atom is 0.157 e. The van der Waals surface area contributed by atoms with Gasteiger partial charge in [0.05, 0.1) is 18.4 Å². The molecule has 0 spiro atoms. The molecule has 1 aromatic heterocycles. The molecule has 0 aliphatic rings. The molecule has 0 bridgehead atoms. The standard InChI is InChI=1S/C13H11NO2/c1-9(11(15)6-7-14)13-8-10-4-2-3-5-12(10)16-13/h2-5,8-9H,6H2,1H3. The first-order chi connectivity index (χ1) is 7.72. The average Bonchev–Trinajstić information content (AvgIpc) is 2.71. The van der Waals surface area contributed by atoms with E-state index in [1.807, 2.05) is 36.4 Å². The van der Waals surface area contributed by atoms with Crippen molar-refractivity contribution in [1.29, 1.82) is 5.26 Å². The lowest BCUT2D eigenvalue weighted by Crippen LogP contribution is -2.06. The smallest absolute Gasteiger partial charge is 0.157 e. The largest absolute Gasteiger partial charge is 0.460 e. The third kappa shape index (κ3) is 1.82. The van der Waals surface area contributed by atoms with Gasteiger partial charge in [0.1, 0.15) is 11.3 Å². The maximum atomic E-state index is 11.5. The Morgan fingerprint density at radius 2 is 2.25 bits per heavy atom. The number of furan rings is 1. The number of rotatable bonds is 3. The summed E-state index contributed by atoms with van der Waals surface area (Å²) in [7, 11) is 0. The van der Waals surface area contributed by atoms with Gasteiger partial charge in [-0.3, -0.25) is 4.79 Å². The van der Waals surface area contributed by atoms with Crippen molar-refractivity contribution in [3.05, 3.63) is 36.1 Å². The molecule has 0 N–H and O–H groups in total. The zero-order valence-electron chi connectivity index (χ0n) is 8.93. The van der Waals surface area contributed by atoms with Gasteiger partial charge < -0.3 is 4.42 Å². The van der Waals surface area contributed by atoms with Crippen molar-refractivity contribution in [3.63, 3.8) is 0 Å². The summed E-state index contributed by atoms with van der Waals surface area (Å²) in [4.78, 5) is 11.5. The molecule has 0 saturated carbocycles. The van der Waals surface area contributed by atoms with E-state index in [1.165, 1.54) is 0 Å². The number of Topliss-reactive ketones (excluding diaryl/α,β-unsaturated/α-hetero) is 1. The molecule has 0 aliphatic heterocycles. The molecule has 1 heterocycles. The number of carbonyl (C=O) groups is 1. The number of benzene rings is 1. The molecule has 0 radical (unpaired) electrons. The lowest BCUT2D eigenvalue weighted by molar-refractivity contribution is -0.119. The third-order valence-electron chi connectivity index (χ3n) is 2.61. The Labute approximate surface area is 93.3 Å². The van der Waals surface area contributed by atoms with Gasteiger partial charge in [0.15, 0.2) is 5.78 Å². The van der Waals surface area contributed by atoms with Gasteiger partial charge in [0, 0.05) is 5.39 Å². The van der Waals surface area contributed by atoms with Crippen LogP contribution in [0.4, 0.5) is 0 Å². The highest BCUT2D eigenvalue weighted by Gasteiger charge is 2.18. The van der Waals surface area contributed by atoms with Crippen molar-refractivity contribution in [2.45, 2.75) is 19.3 Å². The Kier molecular flexibility index (Phi) is 2.74. The molecule has 1 atom stereocenters. The van der Waals surface area contributed by atoms with Crippen molar-refractivity contribution >= 4 is 16.8 Å². The highest BCUT2D eigenvalue weighted by Crippen LogP contribution is 2.25. The first-order valence-corrected chi connectivity index (χ1v) is 5.10. The van der Waals surface area contributed by atoms with Crippen molar-refractivity contribution in [1.82, 2.24) is 0 Å². The second-order valence-corrected chi connectivity index (χ2v) is 3.71. The molecular formula is C13H11NO2. The molecule has 3 heteroatoms. The number of nitriles is 1. The summed E-state index contributed by atoms with van der Waals surface area (Å²) in [5, 5.41) is 9.45. The van der Waals surface area contributed by atoms with Crippen molar-refractivity contribution in [3.8, 4) is 6.07 Å². The zero-order chi connectivity index (χ0) is 11.5. The van der Waals surface area contributed by atoms with Crippen LogP contribution in [0.3, 0.4) is 0 Å². The van der Waals surface area contributed by atoms with Crippen LogP contribution in [0.15, 0.2) is 34.7 Å². The van der Waals surface area contributed by atoms with Gasteiger partial charge in [-0.2, -0.15) is 5.26 Å². The maximum absolute atomic E-state index is 11.5. The quantitative estimate of drug-likeness (QED) is 0.787. The van der Waals surface area contributed by atoms with Crippen LogP contribution in [-0.4, -0.2) is 5.78 Å². The summed E-state index contributed by atoms with van der Waals surface area (Å²) in [6.45, 7) is 1.76. The number of hydrogen-bond acceptors (Lipinski definition) is 3. The molecule has 0 fully saturated rings. The second kappa shape index (κ2) is 4.19. The van der Waals surface area contributed by atoms with Gasteiger partial charge in [0.25, 0.3) is 0 Å². The van der Waals surface area contributed by atoms with E-state index in [-0.39, 0.29) is 18.1 Å².